The van der Waals surface area contributed by atoms with E-state index in [0.29, 0.717) is 22.7 Å². The number of fused-ring (bicyclic) bond motifs is 5. The summed E-state index contributed by atoms with van der Waals surface area (Å²) in [5.41, 5.74) is 1.18. The number of rotatable bonds is 7. The fourth-order valence-electron chi connectivity index (χ4n) is 10.7. The van der Waals surface area contributed by atoms with E-state index >= 15 is 0 Å². The Morgan fingerprint density at radius 1 is 0.914 bits per heavy atom. The number of hydrogen-bond donors (Lipinski definition) is 1. The van der Waals surface area contributed by atoms with Crippen molar-refractivity contribution in [1.29, 1.82) is 0 Å². The van der Waals surface area contributed by atoms with Crippen molar-refractivity contribution in [3.05, 3.63) is 0 Å². The van der Waals surface area contributed by atoms with Crippen LogP contribution in [0.15, 0.2) is 0 Å². The lowest BCUT2D eigenvalue weighted by molar-refractivity contribution is -0.896. The highest BCUT2D eigenvalue weighted by molar-refractivity contribution is 5.75. The van der Waals surface area contributed by atoms with Crippen LogP contribution >= 0.6 is 0 Å². The molecule has 4 aliphatic carbocycles. The normalized spacial score (nSPS) is 42.8. The Bertz CT molecular complexity index is 735. The summed E-state index contributed by atoms with van der Waals surface area (Å²) in [6.45, 7) is 12.4. The molecular weight excluding hydrogens is 543 g/mol. The van der Waals surface area contributed by atoms with Crippen molar-refractivity contribution in [3.63, 3.8) is 0 Å². The van der Waals surface area contributed by atoms with Gasteiger partial charge in [0.2, 0.25) is 5.91 Å². The highest BCUT2D eigenvalue weighted by Crippen LogP contribution is 2.68. The van der Waals surface area contributed by atoms with Crippen LogP contribution in [-0.2, 0) is 4.79 Å². The zero-order valence-electron chi connectivity index (χ0n) is 23.4. The smallest absolute Gasteiger partial charge is 0.220 e. The predicted octanol–water partition coefficient (Wildman–Crippen LogP) is 3.81. The van der Waals surface area contributed by atoms with Gasteiger partial charge >= 0.3 is 0 Å². The van der Waals surface area contributed by atoms with E-state index in [9.17, 15) is 4.79 Å². The van der Waals surface area contributed by atoms with Crippen LogP contribution in [-0.4, -0.2) is 43.6 Å². The van der Waals surface area contributed by atoms with Gasteiger partial charge in [0.15, 0.2) is 0 Å². The summed E-state index contributed by atoms with van der Waals surface area (Å²) in [6.07, 6.45) is 19.4. The number of nitrogens with one attached hydrogen (secondary N) is 1. The molecular formula is C31H55IN2O. The molecule has 0 aromatic carbocycles. The van der Waals surface area contributed by atoms with Crippen molar-refractivity contribution in [2.45, 2.75) is 111 Å². The van der Waals surface area contributed by atoms with Crippen molar-refractivity contribution in [1.82, 2.24) is 5.32 Å². The second-order valence-electron chi connectivity index (χ2n) is 14.5. The van der Waals surface area contributed by atoms with Gasteiger partial charge in [0.1, 0.15) is 0 Å². The van der Waals surface area contributed by atoms with Crippen LogP contribution < -0.4 is 29.3 Å². The number of likely N-dealkylation sites (tertiary alicyclic amines) is 1. The molecule has 1 aliphatic heterocycles. The Balaban J connectivity index is 0.00000289. The average Bonchev–Trinajstić information content (AvgIpc) is 3.40. The molecule has 4 heteroatoms. The number of halogens is 1. The third-order valence-electron chi connectivity index (χ3n) is 12.8. The molecule has 5 rings (SSSR count). The van der Waals surface area contributed by atoms with Crippen molar-refractivity contribution in [2.75, 3.05) is 33.2 Å². The minimum atomic E-state index is 0. The lowest BCUT2D eigenvalue weighted by Gasteiger charge is -2.61. The first kappa shape index (κ1) is 28.2. The van der Waals surface area contributed by atoms with E-state index in [1.807, 2.05) is 0 Å². The van der Waals surface area contributed by atoms with Crippen molar-refractivity contribution in [3.8, 4) is 0 Å². The highest BCUT2D eigenvalue weighted by atomic mass is 127. The molecule has 202 valence electrons. The Morgan fingerprint density at radius 2 is 1.66 bits per heavy atom. The topological polar surface area (TPSA) is 29.1 Å². The van der Waals surface area contributed by atoms with Crippen molar-refractivity contribution < 1.29 is 33.3 Å². The van der Waals surface area contributed by atoms with Gasteiger partial charge in [0.25, 0.3) is 0 Å². The molecule has 5 aliphatic rings. The summed E-state index contributed by atoms with van der Waals surface area (Å²) in [5.74, 6) is 5.79. The lowest BCUT2D eigenvalue weighted by atomic mass is 9.44. The Hall–Kier alpha value is 0.160. The van der Waals surface area contributed by atoms with Gasteiger partial charge < -0.3 is 33.8 Å². The number of amides is 1. The van der Waals surface area contributed by atoms with E-state index in [0.717, 1.165) is 60.0 Å². The maximum Gasteiger partial charge on any atom is 0.220 e. The average molecular weight is 599 g/mol. The van der Waals surface area contributed by atoms with Crippen molar-refractivity contribution in [2.24, 2.45) is 46.3 Å². The molecule has 8 atom stereocenters. The molecule has 1 saturated heterocycles. The second-order valence-corrected chi connectivity index (χ2v) is 14.5. The molecule has 1 amide bonds. The molecule has 5 fully saturated rings. The maximum atomic E-state index is 12.6. The summed E-state index contributed by atoms with van der Waals surface area (Å²) in [7, 11) is 2.36. The van der Waals surface area contributed by atoms with Crippen LogP contribution in [0.4, 0.5) is 0 Å². The summed E-state index contributed by atoms with van der Waals surface area (Å²) in [6, 6.07) is 0. The standard InChI is InChI=1S/C31H54N2O.HI/c1-23(10-15-29(34)32-19-22-33(4)20-7-8-21-33)26-13-14-27-25-12-11-24-9-5-6-17-30(24,2)28(25)16-18-31(26,27)3;/h23-28H,5-22H2,1-4H3;1H/t23-,24?,25+,26-,27+,28+,30+,31-;/m1./s1. The number of nitrogens with zero attached hydrogens (tertiary/aromatic N) is 1. The molecule has 0 aromatic rings. The van der Waals surface area contributed by atoms with Crippen LogP contribution in [0, 0.1) is 46.3 Å². The van der Waals surface area contributed by atoms with E-state index in [4.69, 9.17) is 0 Å². The van der Waals surface area contributed by atoms with Crippen LogP contribution in [0.5, 0.6) is 0 Å². The van der Waals surface area contributed by atoms with E-state index in [2.05, 4.69) is 33.1 Å². The summed E-state index contributed by atoms with van der Waals surface area (Å²) >= 11 is 0. The minimum Gasteiger partial charge on any atom is -1.00 e. The SMILES string of the molecule is C[C@H](CCC(=O)NCC[N+]1(C)CCCC1)[C@H]1CC[C@H]2[C@@H]3CCC4CCCC[C@]4(C)[C@H]3CC[C@]12C.[I-]. The van der Waals surface area contributed by atoms with E-state index in [-0.39, 0.29) is 24.0 Å². The van der Waals surface area contributed by atoms with Crippen LogP contribution in [0.25, 0.3) is 0 Å². The van der Waals surface area contributed by atoms with Gasteiger partial charge in [-0.2, -0.15) is 0 Å². The largest absolute Gasteiger partial charge is 1.00 e. The molecule has 0 aromatic heterocycles. The molecule has 4 saturated carbocycles. The van der Waals surface area contributed by atoms with Gasteiger partial charge in [-0.3, -0.25) is 4.79 Å². The lowest BCUT2D eigenvalue weighted by Crippen LogP contribution is -3.00. The van der Waals surface area contributed by atoms with E-state index in [1.54, 1.807) is 0 Å². The molecule has 0 radical (unpaired) electrons. The Labute approximate surface area is 233 Å². The predicted molar refractivity (Wildman–Crippen MR) is 141 cm³/mol. The minimum absolute atomic E-state index is 0. The number of hydrogen-bond acceptors (Lipinski definition) is 1. The summed E-state index contributed by atoms with van der Waals surface area (Å²) in [5, 5.41) is 3.26. The third-order valence-corrected chi connectivity index (χ3v) is 12.8. The van der Waals surface area contributed by atoms with Crippen LogP contribution in [0.2, 0.25) is 0 Å². The summed E-state index contributed by atoms with van der Waals surface area (Å²) < 4.78 is 1.15. The van der Waals surface area contributed by atoms with E-state index < -0.39 is 0 Å². The van der Waals surface area contributed by atoms with Gasteiger partial charge in [-0.1, -0.05) is 33.6 Å². The van der Waals surface area contributed by atoms with Crippen LogP contribution in [0.1, 0.15) is 111 Å². The number of carbonyl (C=O) groups is 1. The molecule has 35 heavy (non-hydrogen) atoms. The number of likely N-dealkylation sites (N-methyl/N-ethyl adjacent to an activating group) is 1. The van der Waals surface area contributed by atoms with Gasteiger partial charge in [-0.05, 0) is 104 Å². The Kier molecular flexibility index (Phi) is 8.94. The third kappa shape index (κ3) is 5.36. The fourth-order valence-corrected chi connectivity index (χ4v) is 10.7. The first-order valence-corrected chi connectivity index (χ1v) is 15.4. The van der Waals surface area contributed by atoms with Gasteiger partial charge in [-0.15, -0.1) is 0 Å². The zero-order chi connectivity index (χ0) is 24.0. The number of quaternary nitrogens is 1. The van der Waals surface area contributed by atoms with E-state index in [1.165, 1.54) is 90.1 Å². The molecule has 1 unspecified atom stereocenters. The fraction of sp³-hybridized carbons (Fsp3) is 0.968. The maximum absolute atomic E-state index is 12.6. The zero-order valence-corrected chi connectivity index (χ0v) is 25.6. The summed E-state index contributed by atoms with van der Waals surface area (Å²) in [4.78, 5) is 12.6. The van der Waals surface area contributed by atoms with Gasteiger partial charge in [-0.25, -0.2) is 0 Å². The Morgan fingerprint density at radius 3 is 2.43 bits per heavy atom. The first-order valence-electron chi connectivity index (χ1n) is 15.4. The first-order chi connectivity index (χ1) is 16.3. The van der Waals surface area contributed by atoms with Crippen molar-refractivity contribution >= 4 is 5.91 Å². The van der Waals surface area contributed by atoms with Crippen LogP contribution in [0.3, 0.4) is 0 Å². The quantitative estimate of drug-likeness (QED) is 0.351. The van der Waals surface area contributed by atoms with Gasteiger partial charge in [0, 0.05) is 19.3 Å². The highest BCUT2D eigenvalue weighted by Gasteiger charge is 2.60. The second kappa shape index (κ2) is 11.1. The molecule has 3 nitrogen and oxygen atoms in total. The molecule has 1 N–H and O–H groups in total. The van der Waals surface area contributed by atoms with Gasteiger partial charge in [0.05, 0.1) is 33.2 Å². The number of carbonyl (C=O) groups excluding carboxylic acids is 1. The molecule has 0 bridgehead atoms. The molecule has 0 spiro atoms. The molecule has 1 heterocycles. The monoisotopic (exact) mass is 598 g/mol.